The van der Waals surface area contributed by atoms with E-state index in [0.717, 1.165) is 0 Å². The van der Waals surface area contributed by atoms with E-state index in [2.05, 4.69) is 35.0 Å². The second kappa shape index (κ2) is 8.84. The standard InChI is InChI=1S/C21H28N2O/c1-2-3-14-23-15-8-7-11-20(23)19-12-13-21(22-16-19)24-17-18-9-5-4-6-10-18/h4-6,9-10,12-13,16,20H,2-3,7-8,11,14-15,17H2,1H3. The molecule has 1 fully saturated rings. The number of aromatic nitrogens is 1. The van der Waals surface area contributed by atoms with E-state index in [1.54, 1.807) is 0 Å². The average Bonchev–Trinajstić information content (AvgIpc) is 2.66. The van der Waals surface area contributed by atoms with Crippen molar-refractivity contribution in [2.24, 2.45) is 0 Å². The predicted molar refractivity (Wildman–Crippen MR) is 98.1 cm³/mol. The van der Waals surface area contributed by atoms with Gasteiger partial charge in [-0.05, 0) is 43.5 Å². The van der Waals surface area contributed by atoms with Gasteiger partial charge in [0.25, 0.3) is 0 Å². The molecule has 1 unspecified atom stereocenters. The summed E-state index contributed by atoms with van der Waals surface area (Å²) >= 11 is 0. The number of ether oxygens (including phenoxy) is 1. The van der Waals surface area contributed by atoms with Crippen LogP contribution in [0.3, 0.4) is 0 Å². The van der Waals surface area contributed by atoms with Gasteiger partial charge < -0.3 is 4.74 Å². The van der Waals surface area contributed by atoms with Gasteiger partial charge in [0, 0.05) is 18.3 Å². The summed E-state index contributed by atoms with van der Waals surface area (Å²) in [5.74, 6) is 0.707. The van der Waals surface area contributed by atoms with Crippen molar-refractivity contribution in [3.63, 3.8) is 0 Å². The van der Waals surface area contributed by atoms with Crippen LogP contribution < -0.4 is 4.74 Å². The lowest BCUT2D eigenvalue weighted by molar-refractivity contribution is 0.146. The fraction of sp³-hybridized carbons (Fsp3) is 0.476. The highest BCUT2D eigenvalue weighted by Crippen LogP contribution is 2.31. The second-order valence-corrected chi connectivity index (χ2v) is 6.61. The molecular formula is C21H28N2O. The molecule has 0 N–H and O–H groups in total. The second-order valence-electron chi connectivity index (χ2n) is 6.61. The van der Waals surface area contributed by atoms with Crippen LogP contribution in [-0.4, -0.2) is 23.0 Å². The molecule has 1 aromatic carbocycles. The van der Waals surface area contributed by atoms with Gasteiger partial charge in [0.2, 0.25) is 5.88 Å². The van der Waals surface area contributed by atoms with E-state index in [1.165, 1.54) is 56.3 Å². The first kappa shape index (κ1) is 17.0. The van der Waals surface area contributed by atoms with Crippen molar-refractivity contribution in [2.45, 2.75) is 51.7 Å². The highest BCUT2D eigenvalue weighted by molar-refractivity contribution is 5.22. The van der Waals surface area contributed by atoms with Crippen molar-refractivity contribution in [1.29, 1.82) is 0 Å². The van der Waals surface area contributed by atoms with Gasteiger partial charge in [-0.15, -0.1) is 0 Å². The summed E-state index contributed by atoms with van der Waals surface area (Å²) in [6.07, 6.45) is 8.44. The zero-order valence-corrected chi connectivity index (χ0v) is 14.7. The third-order valence-corrected chi connectivity index (χ3v) is 4.79. The van der Waals surface area contributed by atoms with Gasteiger partial charge in [0.1, 0.15) is 6.61 Å². The van der Waals surface area contributed by atoms with Crippen LogP contribution in [0, 0.1) is 0 Å². The van der Waals surface area contributed by atoms with Crippen LogP contribution in [0.2, 0.25) is 0 Å². The van der Waals surface area contributed by atoms with Gasteiger partial charge >= 0.3 is 0 Å². The number of pyridine rings is 1. The van der Waals surface area contributed by atoms with Gasteiger partial charge in [-0.3, -0.25) is 4.90 Å². The Hall–Kier alpha value is -1.87. The number of likely N-dealkylation sites (tertiary alicyclic amines) is 1. The van der Waals surface area contributed by atoms with E-state index in [1.807, 2.05) is 30.5 Å². The van der Waals surface area contributed by atoms with E-state index in [-0.39, 0.29) is 0 Å². The molecule has 2 aromatic rings. The van der Waals surface area contributed by atoms with Crippen molar-refractivity contribution in [3.8, 4) is 5.88 Å². The number of hydrogen-bond donors (Lipinski definition) is 0. The summed E-state index contributed by atoms with van der Waals surface area (Å²) in [5.41, 5.74) is 2.50. The van der Waals surface area contributed by atoms with Crippen molar-refractivity contribution in [1.82, 2.24) is 9.88 Å². The molecule has 0 aliphatic carbocycles. The molecule has 1 aromatic heterocycles. The summed E-state index contributed by atoms with van der Waals surface area (Å²) in [6.45, 7) is 5.25. The number of rotatable bonds is 7. The third-order valence-electron chi connectivity index (χ3n) is 4.79. The third kappa shape index (κ3) is 4.57. The van der Waals surface area contributed by atoms with E-state index in [9.17, 15) is 0 Å². The van der Waals surface area contributed by atoms with Gasteiger partial charge in [-0.25, -0.2) is 4.98 Å². The lowest BCUT2D eigenvalue weighted by Gasteiger charge is -2.35. The first-order chi connectivity index (χ1) is 11.9. The van der Waals surface area contributed by atoms with Crippen molar-refractivity contribution in [2.75, 3.05) is 13.1 Å². The molecule has 3 heteroatoms. The monoisotopic (exact) mass is 324 g/mol. The van der Waals surface area contributed by atoms with E-state index in [4.69, 9.17) is 4.74 Å². The zero-order valence-electron chi connectivity index (χ0n) is 14.7. The van der Waals surface area contributed by atoms with Crippen LogP contribution in [0.25, 0.3) is 0 Å². The van der Waals surface area contributed by atoms with E-state index < -0.39 is 0 Å². The Morgan fingerprint density at radius 3 is 2.75 bits per heavy atom. The Morgan fingerprint density at radius 1 is 1.12 bits per heavy atom. The highest BCUT2D eigenvalue weighted by atomic mass is 16.5. The Labute approximate surface area is 145 Å². The molecule has 1 aliphatic rings. The fourth-order valence-electron chi connectivity index (χ4n) is 3.40. The quantitative estimate of drug-likeness (QED) is 0.717. The topological polar surface area (TPSA) is 25.4 Å². The maximum Gasteiger partial charge on any atom is 0.213 e. The van der Waals surface area contributed by atoms with Crippen LogP contribution >= 0.6 is 0 Å². The Kier molecular flexibility index (Phi) is 6.25. The first-order valence-electron chi connectivity index (χ1n) is 9.23. The number of hydrogen-bond acceptors (Lipinski definition) is 3. The summed E-state index contributed by atoms with van der Waals surface area (Å²) in [7, 11) is 0. The Bertz CT molecular complexity index is 597. The van der Waals surface area contributed by atoms with Crippen molar-refractivity contribution in [3.05, 3.63) is 59.8 Å². The van der Waals surface area contributed by atoms with Crippen molar-refractivity contribution >= 4 is 0 Å². The molecule has 24 heavy (non-hydrogen) atoms. The molecule has 0 amide bonds. The van der Waals surface area contributed by atoms with Gasteiger partial charge in [-0.1, -0.05) is 56.2 Å². The molecule has 3 rings (SSSR count). The number of piperidine rings is 1. The van der Waals surface area contributed by atoms with Gasteiger partial charge in [0.15, 0.2) is 0 Å². The zero-order chi connectivity index (χ0) is 16.6. The molecule has 3 nitrogen and oxygen atoms in total. The molecule has 1 saturated heterocycles. The lowest BCUT2D eigenvalue weighted by Crippen LogP contribution is -2.34. The predicted octanol–water partition coefficient (Wildman–Crippen LogP) is 4.99. The average molecular weight is 324 g/mol. The Balaban J connectivity index is 1.60. The van der Waals surface area contributed by atoms with Crippen LogP contribution in [0.15, 0.2) is 48.7 Å². The van der Waals surface area contributed by atoms with Crippen LogP contribution in [0.1, 0.15) is 56.2 Å². The molecule has 0 radical (unpaired) electrons. The first-order valence-corrected chi connectivity index (χ1v) is 9.23. The molecule has 0 spiro atoms. The molecule has 0 saturated carbocycles. The molecule has 2 heterocycles. The normalized spacial score (nSPS) is 18.5. The molecule has 1 atom stereocenters. The largest absolute Gasteiger partial charge is 0.473 e. The molecular weight excluding hydrogens is 296 g/mol. The number of unbranched alkanes of at least 4 members (excludes halogenated alkanes) is 1. The summed E-state index contributed by atoms with van der Waals surface area (Å²) in [6, 6.07) is 15.0. The van der Waals surface area contributed by atoms with Gasteiger partial charge in [0.05, 0.1) is 0 Å². The minimum atomic E-state index is 0.529. The molecule has 0 bridgehead atoms. The lowest BCUT2D eigenvalue weighted by atomic mass is 9.96. The summed E-state index contributed by atoms with van der Waals surface area (Å²) < 4.78 is 5.80. The molecule has 1 aliphatic heterocycles. The van der Waals surface area contributed by atoms with E-state index >= 15 is 0 Å². The SMILES string of the molecule is CCCCN1CCCCC1c1ccc(OCc2ccccc2)nc1. The van der Waals surface area contributed by atoms with E-state index in [0.29, 0.717) is 18.5 Å². The maximum absolute atomic E-state index is 5.80. The minimum absolute atomic E-state index is 0.529. The highest BCUT2D eigenvalue weighted by Gasteiger charge is 2.23. The van der Waals surface area contributed by atoms with Gasteiger partial charge in [-0.2, -0.15) is 0 Å². The van der Waals surface area contributed by atoms with Crippen LogP contribution in [0.4, 0.5) is 0 Å². The summed E-state index contributed by atoms with van der Waals surface area (Å²) in [5, 5.41) is 0. The van der Waals surface area contributed by atoms with Crippen LogP contribution in [0.5, 0.6) is 5.88 Å². The number of nitrogens with zero attached hydrogens (tertiary/aromatic N) is 2. The minimum Gasteiger partial charge on any atom is -0.473 e. The maximum atomic E-state index is 5.80. The number of benzene rings is 1. The molecule has 128 valence electrons. The smallest absolute Gasteiger partial charge is 0.213 e. The summed E-state index contributed by atoms with van der Waals surface area (Å²) in [4.78, 5) is 7.17. The Morgan fingerprint density at radius 2 is 2.00 bits per heavy atom. The van der Waals surface area contributed by atoms with Crippen molar-refractivity contribution < 1.29 is 4.74 Å². The van der Waals surface area contributed by atoms with Crippen LogP contribution in [-0.2, 0) is 6.61 Å². The fourth-order valence-corrected chi connectivity index (χ4v) is 3.40.